The van der Waals surface area contributed by atoms with Gasteiger partial charge in [-0.25, -0.2) is 0 Å². The van der Waals surface area contributed by atoms with E-state index >= 15 is 0 Å². The smallest absolute Gasteiger partial charge is 0.119 e. The molecule has 1 aliphatic rings. The zero-order valence-electron chi connectivity index (χ0n) is 8.18. The van der Waals surface area contributed by atoms with Crippen LogP contribution in [0.1, 0.15) is 30.4 Å². The zero-order chi connectivity index (χ0) is 10.3. The Kier molecular flexibility index (Phi) is 2.32. The first kappa shape index (κ1) is 9.99. The van der Waals surface area contributed by atoms with Gasteiger partial charge in [0.1, 0.15) is 5.75 Å². The topological polar surface area (TPSA) is 46.2 Å². The van der Waals surface area contributed by atoms with Crippen molar-refractivity contribution in [3.63, 3.8) is 0 Å². The molecule has 3 N–H and O–H groups in total. The number of hydrogen-bond donors (Lipinski definition) is 2. The van der Waals surface area contributed by atoms with E-state index in [4.69, 9.17) is 5.73 Å². The van der Waals surface area contributed by atoms with Crippen LogP contribution in [0.5, 0.6) is 5.75 Å². The molecule has 14 heavy (non-hydrogen) atoms. The molecule has 0 unspecified atom stereocenters. The molecule has 0 spiro atoms. The van der Waals surface area contributed by atoms with E-state index in [1.54, 1.807) is 6.07 Å². The maximum Gasteiger partial charge on any atom is 0.119 e. The number of phenols is 1. The average Bonchev–Trinajstić information content (AvgIpc) is 2.09. The lowest BCUT2D eigenvalue weighted by molar-refractivity contribution is 0.252. The van der Waals surface area contributed by atoms with Crippen LogP contribution >= 0.6 is 15.9 Å². The second kappa shape index (κ2) is 3.24. The third-order valence-electron chi connectivity index (χ3n) is 3.14. The van der Waals surface area contributed by atoms with Crippen LogP contribution in [0.3, 0.4) is 0 Å². The molecule has 0 aromatic heterocycles. The van der Waals surface area contributed by atoms with E-state index in [2.05, 4.69) is 15.9 Å². The summed E-state index contributed by atoms with van der Waals surface area (Å²) >= 11 is 3.43. The summed E-state index contributed by atoms with van der Waals surface area (Å²) in [7, 11) is 0. The molecular formula is C11H14BrNO. The van der Waals surface area contributed by atoms with Gasteiger partial charge in [0.05, 0.1) is 0 Å². The van der Waals surface area contributed by atoms with Crippen LogP contribution in [0.4, 0.5) is 0 Å². The number of nitrogens with two attached hydrogens (primary N) is 1. The highest BCUT2D eigenvalue weighted by atomic mass is 79.9. The van der Waals surface area contributed by atoms with Crippen LogP contribution in [-0.4, -0.2) is 5.11 Å². The van der Waals surface area contributed by atoms with Gasteiger partial charge in [0.25, 0.3) is 0 Å². The van der Waals surface area contributed by atoms with Crippen LogP contribution < -0.4 is 5.73 Å². The Hall–Kier alpha value is -0.540. The largest absolute Gasteiger partial charge is 0.508 e. The summed E-state index contributed by atoms with van der Waals surface area (Å²) in [6.07, 6.45) is 3.21. The first-order valence-electron chi connectivity index (χ1n) is 4.81. The number of phenolic OH excluding ortho intramolecular Hbond substituents is 1. The quantitative estimate of drug-likeness (QED) is 0.811. The van der Waals surface area contributed by atoms with Crippen molar-refractivity contribution < 1.29 is 5.11 Å². The summed E-state index contributed by atoms with van der Waals surface area (Å²) < 4.78 is 0.934. The van der Waals surface area contributed by atoms with Crippen molar-refractivity contribution in [3.05, 3.63) is 27.7 Å². The van der Waals surface area contributed by atoms with Gasteiger partial charge in [-0.15, -0.1) is 0 Å². The molecule has 3 heteroatoms. The van der Waals surface area contributed by atoms with E-state index in [1.807, 2.05) is 13.0 Å². The van der Waals surface area contributed by atoms with E-state index in [9.17, 15) is 5.11 Å². The van der Waals surface area contributed by atoms with Gasteiger partial charge in [-0.2, -0.15) is 0 Å². The fourth-order valence-corrected chi connectivity index (χ4v) is 2.25. The van der Waals surface area contributed by atoms with E-state index < -0.39 is 0 Å². The Morgan fingerprint density at radius 1 is 1.43 bits per heavy atom. The molecule has 0 radical (unpaired) electrons. The van der Waals surface area contributed by atoms with Crippen LogP contribution in [0.2, 0.25) is 0 Å². The summed E-state index contributed by atoms with van der Waals surface area (Å²) in [6, 6.07) is 3.81. The molecule has 1 aliphatic carbocycles. The predicted octanol–water partition coefficient (Wildman–Crippen LogP) is 2.80. The molecule has 1 aromatic rings. The molecule has 2 rings (SSSR count). The van der Waals surface area contributed by atoms with Crippen LogP contribution in [0.15, 0.2) is 16.6 Å². The fourth-order valence-electron chi connectivity index (χ4n) is 1.80. The minimum absolute atomic E-state index is 0.201. The summed E-state index contributed by atoms with van der Waals surface area (Å²) in [5, 5.41) is 9.68. The number of halogens is 1. The van der Waals surface area contributed by atoms with Crippen molar-refractivity contribution in [1.29, 1.82) is 0 Å². The second-order valence-corrected chi connectivity index (χ2v) is 4.97. The summed E-state index contributed by atoms with van der Waals surface area (Å²) in [6.45, 7) is 1.88. The summed E-state index contributed by atoms with van der Waals surface area (Å²) in [5.74, 6) is 0.325. The molecule has 2 nitrogen and oxygen atoms in total. The lowest BCUT2D eigenvalue weighted by Gasteiger charge is -2.38. The third-order valence-corrected chi connectivity index (χ3v) is 3.96. The highest BCUT2D eigenvalue weighted by molar-refractivity contribution is 9.10. The Morgan fingerprint density at radius 3 is 2.50 bits per heavy atom. The Balaban J connectivity index is 2.45. The first-order chi connectivity index (χ1) is 6.53. The molecule has 0 saturated heterocycles. The van der Waals surface area contributed by atoms with E-state index in [0.29, 0.717) is 5.75 Å². The van der Waals surface area contributed by atoms with Gasteiger partial charge in [0.2, 0.25) is 0 Å². The van der Waals surface area contributed by atoms with Gasteiger partial charge in [-0.1, -0.05) is 15.9 Å². The van der Waals surface area contributed by atoms with Crippen molar-refractivity contribution in [1.82, 2.24) is 0 Å². The van der Waals surface area contributed by atoms with Crippen molar-refractivity contribution in [2.45, 2.75) is 31.7 Å². The van der Waals surface area contributed by atoms with Gasteiger partial charge >= 0.3 is 0 Å². The molecule has 0 amide bonds. The lowest BCUT2D eigenvalue weighted by atomic mass is 9.72. The maximum absolute atomic E-state index is 9.68. The van der Waals surface area contributed by atoms with Crippen LogP contribution in [-0.2, 0) is 5.54 Å². The first-order valence-corrected chi connectivity index (χ1v) is 5.61. The maximum atomic E-state index is 9.68. The van der Waals surface area contributed by atoms with Gasteiger partial charge in [0.15, 0.2) is 0 Å². The summed E-state index contributed by atoms with van der Waals surface area (Å²) in [4.78, 5) is 0. The monoisotopic (exact) mass is 255 g/mol. The number of hydrogen-bond acceptors (Lipinski definition) is 2. The Labute approximate surface area is 92.3 Å². The molecule has 76 valence electrons. The molecule has 1 saturated carbocycles. The minimum Gasteiger partial charge on any atom is -0.508 e. The predicted molar refractivity (Wildman–Crippen MR) is 60.3 cm³/mol. The molecule has 0 heterocycles. The van der Waals surface area contributed by atoms with E-state index in [-0.39, 0.29) is 5.54 Å². The van der Waals surface area contributed by atoms with E-state index in [1.165, 1.54) is 6.42 Å². The Morgan fingerprint density at radius 2 is 2.07 bits per heavy atom. The SMILES string of the molecule is Cc1c(O)cc(C2(N)CCC2)cc1Br. The fraction of sp³-hybridized carbons (Fsp3) is 0.455. The van der Waals surface area contributed by atoms with Gasteiger partial charge in [0, 0.05) is 15.6 Å². The number of aromatic hydroxyl groups is 1. The number of benzene rings is 1. The molecule has 1 aromatic carbocycles. The lowest BCUT2D eigenvalue weighted by Crippen LogP contribution is -2.43. The summed E-state index contributed by atoms with van der Waals surface area (Å²) in [5.41, 5.74) is 7.89. The standard InChI is InChI=1S/C11H14BrNO/c1-7-9(12)5-8(6-10(7)14)11(13)3-2-4-11/h5-6,14H,2-4,13H2,1H3. The van der Waals surface area contributed by atoms with Crippen molar-refractivity contribution in [2.75, 3.05) is 0 Å². The van der Waals surface area contributed by atoms with Crippen LogP contribution in [0, 0.1) is 6.92 Å². The van der Waals surface area contributed by atoms with Crippen molar-refractivity contribution in [2.24, 2.45) is 5.73 Å². The zero-order valence-corrected chi connectivity index (χ0v) is 9.76. The van der Waals surface area contributed by atoms with Crippen LogP contribution in [0.25, 0.3) is 0 Å². The Bertz CT molecular complexity index is 349. The molecule has 1 fully saturated rings. The van der Waals surface area contributed by atoms with Crippen molar-refractivity contribution in [3.8, 4) is 5.75 Å². The second-order valence-electron chi connectivity index (χ2n) is 4.11. The third kappa shape index (κ3) is 1.44. The molecule has 0 bridgehead atoms. The highest BCUT2D eigenvalue weighted by Crippen LogP contribution is 2.41. The molecular weight excluding hydrogens is 242 g/mol. The van der Waals surface area contributed by atoms with E-state index in [0.717, 1.165) is 28.4 Å². The molecule has 0 aliphatic heterocycles. The highest BCUT2D eigenvalue weighted by Gasteiger charge is 2.34. The van der Waals surface area contributed by atoms with Gasteiger partial charge < -0.3 is 10.8 Å². The normalized spacial score (nSPS) is 19.1. The average molecular weight is 256 g/mol. The molecule has 0 atom stereocenters. The number of rotatable bonds is 1. The van der Waals surface area contributed by atoms with Gasteiger partial charge in [-0.3, -0.25) is 0 Å². The minimum atomic E-state index is -0.201. The van der Waals surface area contributed by atoms with Gasteiger partial charge in [-0.05, 0) is 43.9 Å². The van der Waals surface area contributed by atoms with Crippen molar-refractivity contribution >= 4 is 15.9 Å².